The number of hydroxylamine groups is 2. The Bertz CT molecular complexity index is 261. The van der Waals surface area contributed by atoms with Gasteiger partial charge in [-0.1, -0.05) is 0 Å². The van der Waals surface area contributed by atoms with Crippen molar-refractivity contribution in [1.29, 1.82) is 0 Å². The van der Waals surface area contributed by atoms with Crippen LogP contribution in [0.5, 0.6) is 0 Å². The van der Waals surface area contributed by atoms with Gasteiger partial charge in [0.05, 0.1) is 0 Å². The Morgan fingerprint density at radius 3 is 2.21 bits per heavy atom. The molecule has 0 amide bonds. The lowest BCUT2D eigenvalue weighted by Gasteiger charge is -2.24. The van der Waals surface area contributed by atoms with Crippen LogP contribution in [-0.4, -0.2) is 24.9 Å². The minimum atomic E-state index is -0.757. The summed E-state index contributed by atoms with van der Waals surface area (Å²) in [5.74, 6) is -0.108. The predicted molar refractivity (Wildman–Crippen MR) is 47.6 cm³/mol. The summed E-state index contributed by atoms with van der Waals surface area (Å²) < 4.78 is 0. The van der Waals surface area contributed by atoms with Crippen molar-refractivity contribution in [1.82, 2.24) is 0 Å². The van der Waals surface area contributed by atoms with E-state index in [2.05, 4.69) is 0 Å². The number of Topliss-reactive ketones (excluding diaryl/α,β-unsaturated/α-hetero) is 1. The van der Waals surface area contributed by atoms with Gasteiger partial charge in [0.25, 0.3) is 0 Å². The van der Waals surface area contributed by atoms with E-state index in [0.717, 1.165) is 0 Å². The molecule has 1 saturated carbocycles. The first kappa shape index (κ1) is 10.0. The largest absolute Gasteiger partial charge is 0.583 e. The molecule has 0 aromatic carbocycles. The van der Waals surface area contributed by atoms with Gasteiger partial charge >= 0.3 is 0 Å². The SMILES string of the molecule is CC1(C(=O)C2CC2N)C[NH+]([O-])[NH+]([O-])C1. The summed E-state index contributed by atoms with van der Waals surface area (Å²) in [6, 6.07) is -0.0508. The molecule has 0 aromatic heterocycles. The fraction of sp³-hybridized carbons (Fsp3) is 0.875. The number of nitrogens with one attached hydrogen (secondary N) is 2. The highest BCUT2D eigenvalue weighted by atomic mass is 16.7. The lowest BCUT2D eigenvalue weighted by Crippen LogP contribution is -3.53. The Hall–Kier alpha value is -0.530. The zero-order valence-corrected chi connectivity index (χ0v) is 8.08. The van der Waals surface area contributed by atoms with E-state index in [0.29, 0.717) is 6.42 Å². The molecule has 2 aliphatic rings. The summed E-state index contributed by atoms with van der Waals surface area (Å²) in [6.45, 7) is 1.85. The van der Waals surface area contributed by atoms with Gasteiger partial charge in [-0.2, -0.15) is 0 Å². The van der Waals surface area contributed by atoms with E-state index in [9.17, 15) is 15.2 Å². The van der Waals surface area contributed by atoms with Crippen LogP contribution in [0.2, 0.25) is 0 Å². The second-order valence-corrected chi connectivity index (χ2v) is 4.63. The summed E-state index contributed by atoms with van der Waals surface area (Å²) in [7, 11) is 0. The molecule has 14 heavy (non-hydrogen) atoms. The normalized spacial score (nSPS) is 52.0. The van der Waals surface area contributed by atoms with E-state index in [1.807, 2.05) is 0 Å². The molecule has 1 aliphatic carbocycles. The average molecular weight is 201 g/mol. The summed E-state index contributed by atoms with van der Waals surface area (Å²) in [6.07, 6.45) is 0.705. The van der Waals surface area contributed by atoms with Gasteiger partial charge in [-0.15, -0.1) is 0 Å². The first-order chi connectivity index (χ1) is 6.44. The third-order valence-corrected chi connectivity index (χ3v) is 3.18. The minimum absolute atomic E-state index is 0.00389. The number of nitrogens with two attached hydrogens (primary N) is 1. The maximum Gasteiger partial charge on any atom is 0.155 e. The first-order valence-electron chi connectivity index (χ1n) is 4.80. The molecule has 4 atom stereocenters. The van der Waals surface area contributed by atoms with Crippen LogP contribution in [0.25, 0.3) is 0 Å². The van der Waals surface area contributed by atoms with Crippen molar-refractivity contribution in [3.63, 3.8) is 0 Å². The van der Waals surface area contributed by atoms with Crippen molar-refractivity contribution in [2.24, 2.45) is 17.1 Å². The van der Waals surface area contributed by atoms with Gasteiger partial charge in [-0.3, -0.25) is 4.79 Å². The number of carbonyl (C=O) groups is 1. The molecule has 0 aromatic rings. The van der Waals surface area contributed by atoms with Crippen LogP contribution < -0.4 is 16.1 Å². The first-order valence-corrected chi connectivity index (χ1v) is 4.80. The fourth-order valence-electron chi connectivity index (χ4n) is 2.11. The molecule has 0 spiro atoms. The maximum absolute atomic E-state index is 11.8. The van der Waals surface area contributed by atoms with Crippen molar-refractivity contribution in [3.05, 3.63) is 10.4 Å². The topological polar surface area (TPSA) is 98.1 Å². The van der Waals surface area contributed by atoms with Crippen LogP contribution in [0.1, 0.15) is 13.3 Å². The van der Waals surface area contributed by atoms with E-state index in [1.165, 1.54) is 0 Å². The minimum Gasteiger partial charge on any atom is -0.583 e. The van der Waals surface area contributed by atoms with Crippen LogP contribution in [-0.2, 0) is 4.79 Å². The van der Waals surface area contributed by atoms with Crippen molar-refractivity contribution in [2.45, 2.75) is 19.4 Å². The smallest absolute Gasteiger partial charge is 0.155 e. The van der Waals surface area contributed by atoms with Crippen LogP contribution in [0.4, 0.5) is 0 Å². The monoisotopic (exact) mass is 201 g/mol. The molecule has 0 radical (unpaired) electrons. The van der Waals surface area contributed by atoms with Gasteiger partial charge in [0, 0.05) is 12.0 Å². The van der Waals surface area contributed by atoms with Gasteiger partial charge in [0.2, 0.25) is 0 Å². The Morgan fingerprint density at radius 1 is 1.43 bits per heavy atom. The second-order valence-electron chi connectivity index (χ2n) is 4.63. The summed E-state index contributed by atoms with van der Waals surface area (Å²) in [5.41, 5.74) is 4.82. The Kier molecular flexibility index (Phi) is 2.13. The highest BCUT2D eigenvalue weighted by molar-refractivity contribution is 5.90. The zero-order chi connectivity index (χ0) is 10.5. The number of rotatable bonds is 2. The standard InChI is InChI=1S/C8H15N3O3/c1-8(3-10(13)11(14)4-8)7(12)5-2-6(5)9/h5-6,10-11H,2-4,9H2,1H3. The molecular weight excluding hydrogens is 186 g/mol. The Labute approximate surface area is 81.8 Å². The number of quaternary nitrogens is 2. The van der Waals surface area contributed by atoms with Crippen LogP contribution in [0, 0.1) is 21.7 Å². The van der Waals surface area contributed by atoms with Gasteiger partial charge < -0.3 is 16.1 Å². The average Bonchev–Trinajstić information content (AvgIpc) is 2.74. The van der Waals surface area contributed by atoms with Crippen LogP contribution >= 0.6 is 0 Å². The molecule has 4 N–H and O–H groups in total. The second kappa shape index (κ2) is 2.98. The fourth-order valence-corrected chi connectivity index (χ4v) is 2.11. The highest BCUT2D eigenvalue weighted by Crippen LogP contribution is 2.35. The molecule has 1 aliphatic heterocycles. The lowest BCUT2D eigenvalue weighted by atomic mass is 9.84. The number of ketones is 1. The Morgan fingerprint density at radius 2 is 1.86 bits per heavy atom. The summed E-state index contributed by atoms with van der Waals surface area (Å²) in [4.78, 5) is 11.8. The molecule has 80 valence electrons. The van der Waals surface area contributed by atoms with Crippen molar-refractivity contribution < 1.29 is 15.1 Å². The zero-order valence-electron chi connectivity index (χ0n) is 8.08. The predicted octanol–water partition coefficient (Wildman–Crippen LogP) is -3.40. The molecular formula is C8H15N3O3. The molecule has 2 rings (SSSR count). The van der Waals surface area contributed by atoms with E-state index >= 15 is 0 Å². The van der Waals surface area contributed by atoms with Gasteiger partial charge in [-0.05, 0) is 13.3 Å². The van der Waals surface area contributed by atoms with E-state index in [-0.39, 0.29) is 30.8 Å². The molecule has 6 nitrogen and oxygen atoms in total. The number of carbonyl (C=O) groups excluding carboxylic acids is 1. The van der Waals surface area contributed by atoms with Crippen molar-refractivity contribution in [2.75, 3.05) is 13.1 Å². The molecule has 0 bridgehead atoms. The van der Waals surface area contributed by atoms with Gasteiger partial charge in [-0.25, -0.2) is 10.3 Å². The van der Waals surface area contributed by atoms with Gasteiger partial charge in [0.15, 0.2) is 5.78 Å². The molecule has 4 unspecified atom stereocenters. The third-order valence-electron chi connectivity index (χ3n) is 3.18. The molecule has 1 saturated heterocycles. The lowest BCUT2D eigenvalue weighted by molar-refractivity contribution is -1.45. The maximum atomic E-state index is 11.8. The van der Waals surface area contributed by atoms with E-state index in [4.69, 9.17) is 5.73 Å². The third kappa shape index (κ3) is 1.45. The van der Waals surface area contributed by atoms with Crippen molar-refractivity contribution in [3.8, 4) is 0 Å². The summed E-state index contributed by atoms with van der Waals surface area (Å²) in [5, 5.41) is 21.4. The van der Waals surface area contributed by atoms with Gasteiger partial charge in [0.1, 0.15) is 18.5 Å². The van der Waals surface area contributed by atoms with Crippen LogP contribution in [0.3, 0.4) is 0 Å². The number of hydrogen-bond donors (Lipinski definition) is 3. The van der Waals surface area contributed by atoms with Crippen LogP contribution in [0.15, 0.2) is 0 Å². The Balaban J connectivity index is 2.06. The number of hydrogen-bond acceptors (Lipinski definition) is 4. The highest BCUT2D eigenvalue weighted by Gasteiger charge is 2.54. The van der Waals surface area contributed by atoms with Crippen molar-refractivity contribution >= 4 is 5.78 Å². The molecule has 2 fully saturated rings. The molecule has 1 heterocycles. The quantitative estimate of drug-likeness (QED) is 0.406. The van der Waals surface area contributed by atoms with E-state index < -0.39 is 15.8 Å². The van der Waals surface area contributed by atoms with E-state index in [1.54, 1.807) is 6.92 Å². The molecule has 6 heteroatoms. The summed E-state index contributed by atoms with van der Waals surface area (Å²) >= 11 is 0.